The maximum atomic E-state index is 11.4. The fraction of sp³-hybridized carbons (Fsp3) is 0.562. The summed E-state index contributed by atoms with van der Waals surface area (Å²) in [4.78, 5) is 11.4. The zero-order valence-electron chi connectivity index (χ0n) is 11.8. The van der Waals surface area contributed by atoms with Gasteiger partial charge in [0.1, 0.15) is 0 Å². The quantitative estimate of drug-likeness (QED) is 0.906. The molecule has 1 aromatic rings. The lowest BCUT2D eigenvalue weighted by Crippen LogP contribution is -2.37. The van der Waals surface area contributed by atoms with Crippen molar-refractivity contribution in [1.82, 2.24) is 0 Å². The molecule has 1 saturated heterocycles. The predicted molar refractivity (Wildman–Crippen MR) is 75.7 cm³/mol. The average Bonchev–Trinajstić information content (AvgIpc) is 2.35. The van der Waals surface area contributed by atoms with E-state index in [-0.39, 0.29) is 17.4 Å². The van der Waals surface area contributed by atoms with Crippen molar-refractivity contribution < 1.29 is 9.53 Å². The first kappa shape index (κ1) is 14.1. The van der Waals surface area contributed by atoms with Crippen molar-refractivity contribution in [3.05, 3.63) is 35.9 Å². The van der Waals surface area contributed by atoms with Gasteiger partial charge in [0.25, 0.3) is 0 Å². The van der Waals surface area contributed by atoms with Crippen LogP contribution in [0.3, 0.4) is 0 Å². The van der Waals surface area contributed by atoms with Crippen molar-refractivity contribution in [2.45, 2.75) is 44.6 Å². The molecule has 0 saturated carbocycles. The van der Waals surface area contributed by atoms with Gasteiger partial charge < -0.3 is 10.5 Å². The standard InChI is InChI=1S/C16H23NO2/c1-16(2)11-13(8-9-19-16)14(10-15(17)18)12-6-4-3-5-7-12/h3-7,13-14H,8-11H2,1-2H3,(H2,17,18)/t13-,14-/m1/s1. The molecule has 1 aromatic carbocycles. The molecule has 1 aliphatic rings. The summed E-state index contributed by atoms with van der Waals surface area (Å²) in [6.45, 7) is 5.00. The minimum atomic E-state index is -0.224. The molecule has 2 atom stereocenters. The fourth-order valence-corrected chi connectivity index (χ4v) is 3.10. The summed E-state index contributed by atoms with van der Waals surface area (Å²) in [5, 5.41) is 0. The van der Waals surface area contributed by atoms with Crippen LogP contribution < -0.4 is 5.73 Å². The van der Waals surface area contributed by atoms with Crippen LogP contribution in [0.4, 0.5) is 0 Å². The third-order valence-electron chi connectivity index (χ3n) is 3.95. The van der Waals surface area contributed by atoms with E-state index in [2.05, 4.69) is 26.0 Å². The molecule has 2 N–H and O–H groups in total. The van der Waals surface area contributed by atoms with Gasteiger partial charge in [0.15, 0.2) is 0 Å². The summed E-state index contributed by atoms with van der Waals surface area (Å²) >= 11 is 0. The molecule has 3 nitrogen and oxygen atoms in total. The second-order valence-corrected chi connectivity index (χ2v) is 6.05. The van der Waals surface area contributed by atoms with Gasteiger partial charge in [0, 0.05) is 13.0 Å². The number of hydrogen-bond acceptors (Lipinski definition) is 2. The molecule has 1 heterocycles. The number of benzene rings is 1. The zero-order chi connectivity index (χ0) is 13.9. The first-order valence-electron chi connectivity index (χ1n) is 6.95. The number of carbonyl (C=O) groups is 1. The Morgan fingerprint density at radius 3 is 2.68 bits per heavy atom. The number of ether oxygens (including phenoxy) is 1. The lowest BCUT2D eigenvalue weighted by Gasteiger charge is -2.39. The molecular weight excluding hydrogens is 238 g/mol. The molecule has 104 valence electrons. The molecule has 3 heteroatoms. The van der Waals surface area contributed by atoms with E-state index in [1.165, 1.54) is 5.56 Å². The first-order chi connectivity index (χ1) is 8.98. The van der Waals surface area contributed by atoms with Gasteiger partial charge in [0.05, 0.1) is 5.60 Å². The van der Waals surface area contributed by atoms with Crippen molar-refractivity contribution >= 4 is 5.91 Å². The number of rotatable bonds is 4. The lowest BCUT2D eigenvalue weighted by molar-refractivity contribution is -0.119. The molecule has 1 aliphatic heterocycles. The minimum Gasteiger partial charge on any atom is -0.376 e. The van der Waals surface area contributed by atoms with Crippen molar-refractivity contribution in [3.8, 4) is 0 Å². The Morgan fingerprint density at radius 1 is 1.42 bits per heavy atom. The molecule has 0 unspecified atom stereocenters. The van der Waals surface area contributed by atoms with Gasteiger partial charge >= 0.3 is 0 Å². The number of carbonyl (C=O) groups excluding carboxylic acids is 1. The van der Waals surface area contributed by atoms with Crippen molar-refractivity contribution in [1.29, 1.82) is 0 Å². The van der Waals surface area contributed by atoms with E-state index in [1.807, 2.05) is 18.2 Å². The molecule has 0 radical (unpaired) electrons. The van der Waals surface area contributed by atoms with E-state index in [0.29, 0.717) is 12.3 Å². The van der Waals surface area contributed by atoms with Gasteiger partial charge in [-0.25, -0.2) is 0 Å². The van der Waals surface area contributed by atoms with E-state index < -0.39 is 0 Å². The van der Waals surface area contributed by atoms with Crippen LogP contribution in [0.5, 0.6) is 0 Å². The molecule has 0 aromatic heterocycles. The molecule has 1 amide bonds. The largest absolute Gasteiger partial charge is 0.376 e. The number of hydrogen-bond donors (Lipinski definition) is 1. The van der Waals surface area contributed by atoms with E-state index in [0.717, 1.165) is 19.4 Å². The molecule has 0 aliphatic carbocycles. The van der Waals surface area contributed by atoms with Crippen LogP contribution in [0.25, 0.3) is 0 Å². The van der Waals surface area contributed by atoms with E-state index in [9.17, 15) is 4.79 Å². The van der Waals surface area contributed by atoms with Crippen LogP contribution in [-0.4, -0.2) is 18.1 Å². The van der Waals surface area contributed by atoms with E-state index in [1.54, 1.807) is 0 Å². The normalized spacial score (nSPS) is 23.8. The smallest absolute Gasteiger partial charge is 0.218 e. The van der Waals surface area contributed by atoms with Crippen LogP contribution in [0.2, 0.25) is 0 Å². The van der Waals surface area contributed by atoms with E-state index >= 15 is 0 Å². The van der Waals surface area contributed by atoms with Crippen LogP contribution in [0.1, 0.15) is 44.6 Å². The third kappa shape index (κ3) is 3.80. The van der Waals surface area contributed by atoms with Crippen LogP contribution in [0, 0.1) is 5.92 Å². The summed E-state index contributed by atoms with van der Waals surface area (Å²) in [5.41, 5.74) is 6.54. The predicted octanol–water partition coefficient (Wildman–Crippen LogP) is 2.85. The maximum Gasteiger partial charge on any atom is 0.218 e. The minimum absolute atomic E-state index is 0.104. The Hall–Kier alpha value is -1.35. The van der Waals surface area contributed by atoms with E-state index in [4.69, 9.17) is 10.5 Å². The Balaban J connectivity index is 2.20. The SMILES string of the molecule is CC1(C)C[C@H]([C@H](CC(N)=O)c2ccccc2)CCO1. The highest BCUT2D eigenvalue weighted by atomic mass is 16.5. The van der Waals surface area contributed by atoms with Gasteiger partial charge in [0.2, 0.25) is 5.91 Å². The number of amides is 1. The van der Waals surface area contributed by atoms with Gasteiger partial charge in [-0.3, -0.25) is 4.79 Å². The molecule has 0 spiro atoms. The Kier molecular flexibility index (Phi) is 4.25. The van der Waals surface area contributed by atoms with Crippen LogP contribution in [0.15, 0.2) is 30.3 Å². The summed E-state index contributed by atoms with van der Waals surface area (Å²) in [7, 11) is 0. The highest BCUT2D eigenvalue weighted by Gasteiger charge is 2.34. The zero-order valence-corrected chi connectivity index (χ0v) is 11.8. The Morgan fingerprint density at radius 2 is 2.11 bits per heavy atom. The summed E-state index contributed by atoms with van der Waals surface area (Å²) in [5.74, 6) is 0.443. The second kappa shape index (κ2) is 5.74. The summed E-state index contributed by atoms with van der Waals surface area (Å²) < 4.78 is 5.77. The summed E-state index contributed by atoms with van der Waals surface area (Å²) in [6, 6.07) is 10.2. The Bertz CT molecular complexity index is 428. The number of nitrogens with two attached hydrogens (primary N) is 1. The third-order valence-corrected chi connectivity index (χ3v) is 3.95. The van der Waals surface area contributed by atoms with Gasteiger partial charge in [-0.1, -0.05) is 30.3 Å². The molecular formula is C16H23NO2. The van der Waals surface area contributed by atoms with Crippen LogP contribution >= 0.6 is 0 Å². The number of primary amides is 1. The lowest BCUT2D eigenvalue weighted by atomic mass is 9.75. The summed E-state index contributed by atoms with van der Waals surface area (Å²) in [6.07, 6.45) is 2.39. The monoisotopic (exact) mass is 261 g/mol. The highest BCUT2D eigenvalue weighted by Crippen LogP contribution is 2.39. The second-order valence-electron chi connectivity index (χ2n) is 6.05. The molecule has 2 rings (SSSR count). The van der Waals surface area contributed by atoms with Crippen LogP contribution in [-0.2, 0) is 9.53 Å². The van der Waals surface area contributed by atoms with Gasteiger partial charge in [-0.2, -0.15) is 0 Å². The molecule has 19 heavy (non-hydrogen) atoms. The Labute approximate surface area is 115 Å². The molecule has 1 fully saturated rings. The molecule has 0 bridgehead atoms. The van der Waals surface area contributed by atoms with Crippen molar-refractivity contribution in [2.24, 2.45) is 11.7 Å². The topological polar surface area (TPSA) is 52.3 Å². The average molecular weight is 261 g/mol. The fourth-order valence-electron chi connectivity index (χ4n) is 3.10. The van der Waals surface area contributed by atoms with Gasteiger partial charge in [-0.15, -0.1) is 0 Å². The highest BCUT2D eigenvalue weighted by molar-refractivity contribution is 5.74. The van der Waals surface area contributed by atoms with Crippen molar-refractivity contribution in [2.75, 3.05) is 6.61 Å². The van der Waals surface area contributed by atoms with Crippen molar-refractivity contribution in [3.63, 3.8) is 0 Å². The maximum absolute atomic E-state index is 11.4. The van der Waals surface area contributed by atoms with Gasteiger partial charge in [-0.05, 0) is 44.1 Å². The first-order valence-corrected chi connectivity index (χ1v) is 6.95.